The van der Waals surface area contributed by atoms with Gasteiger partial charge in [-0.2, -0.15) is 0 Å². The summed E-state index contributed by atoms with van der Waals surface area (Å²) in [6.45, 7) is 4.12. The quantitative estimate of drug-likeness (QED) is 0.654. The largest absolute Gasteiger partial charge is 0.311 e. The summed E-state index contributed by atoms with van der Waals surface area (Å²) in [5.41, 5.74) is -0.307. The van der Waals surface area contributed by atoms with Gasteiger partial charge in [0.1, 0.15) is 22.4 Å². The Bertz CT molecular complexity index is 1190. The lowest BCUT2D eigenvalue weighted by Crippen LogP contribution is -2.15. The second kappa shape index (κ2) is 7.49. The average molecular weight is 439 g/mol. The minimum Gasteiger partial charge on any atom is -0.311 e. The number of nitrogens with zero attached hydrogens (tertiary/aromatic N) is 3. The van der Waals surface area contributed by atoms with Crippen LogP contribution in [-0.4, -0.2) is 23.2 Å². The summed E-state index contributed by atoms with van der Waals surface area (Å²) >= 11 is 1.34. The first kappa shape index (κ1) is 20.0. The molecular formula is C19H20F2N4O2S2. The van der Waals surface area contributed by atoms with E-state index < -0.39 is 21.7 Å². The molecule has 4 rings (SSSR count). The van der Waals surface area contributed by atoms with Gasteiger partial charge in [0.15, 0.2) is 5.82 Å². The van der Waals surface area contributed by atoms with Crippen molar-refractivity contribution in [3.63, 3.8) is 0 Å². The van der Waals surface area contributed by atoms with E-state index in [-0.39, 0.29) is 22.0 Å². The summed E-state index contributed by atoms with van der Waals surface area (Å²) in [4.78, 5) is 1.51. The second-order valence-corrected chi connectivity index (χ2v) is 10.2. The number of benzene rings is 1. The van der Waals surface area contributed by atoms with Crippen molar-refractivity contribution in [1.29, 1.82) is 0 Å². The van der Waals surface area contributed by atoms with Gasteiger partial charge in [-0.3, -0.25) is 4.72 Å². The van der Waals surface area contributed by atoms with E-state index in [1.807, 2.05) is 4.57 Å². The molecule has 0 saturated heterocycles. The van der Waals surface area contributed by atoms with E-state index in [2.05, 4.69) is 14.9 Å². The minimum absolute atomic E-state index is 0.0166. The first-order valence-corrected chi connectivity index (χ1v) is 11.6. The molecule has 0 unspecified atom stereocenters. The number of aromatic nitrogens is 3. The Morgan fingerprint density at radius 2 is 1.86 bits per heavy atom. The number of anilines is 1. The molecule has 0 bridgehead atoms. The first-order valence-electron chi connectivity index (χ1n) is 9.27. The van der Waals surface area contributed by atoms with Crippen LogP contribution in [0.15, 0.2) is 23.1 Å². The highest BCUT2D eigenvalue weighted by molar-refractivity contribution is 7.93. The molecule has 0 amide bonds. The van der Waals surface area contributed by atoms with Crippen LogP contribution in [0.25, 0.3) is 11.4 Å². The third-order valence-electron chi connectivity index (χ3n) is 4.94. The Morgan fingerprint density at radius 1 is 1.07 bits per heavy atom. The van der Waals surface area contributed by atoms with Crippen molar-refractivity contribution in [3.8, 4) is 11.4 Å². The molecule has 10 heteroatoms. The van der Waals surface area contributed by atoms with Gasteiger partial charge < -0.3 is 4.57 Å². The number of hydrogen-bond donors (Lipinski definition) is 1. The van der Waals surface area contributed by atoms with Crippen LogP contribution >= 0.6 is 11.3 Å². The van der Waals surface area contributed by atoms with Crippen molar-refractivity contribution in [2.45, 2.75) is 51.0 Å². The standard InChI is InChI=1S/C19H20F2N4O2S2/c1-11-8-17(12(2)28-11)29(26,27)24-16-9-13(14(20)10-15(16)21)19-23-22-18-6-4-3-5-7-25(18)19/h8-10,24H,3-7H2,1-2H3. The molecule has 0 atom stereocenters. The van der Waals surface area contributed by atoms with Crippen molar-refractivity contribution >= 4 is 27.0 Å². The van der Waals surface area contributed by atoms with E-state index in [1.54, 1.807) is 13.8 Å². The molecule has 0 saturated carbocycles. The van der Waals surface area contributed by atoms with Gasteiger partial charge in [-0.25, -0.2) is 17.2 Å². The normalized spacial score (nSPS) is 14.5. The second-order valence-electron chi connectivity index (χ2n) is 7.10. The van der Waals surface area contributed by atoms with Crippen molar-refractivity contribution in [3.05, 3.63) is 45.4 Å². The summed E-state index contributed by atoms with van der Waals surface area (Å²) in [5.74, 6) is -0.766. The van der Waals surface area contributed by atoms with Gasteiger partial charge in [0, 0.05) is 28.8 Å². The van der Waals surface area contributed by atoms with Crippen LogP contribution < -0.4 is 4.72 Å². The highest BCUT2D eigenvalue weighted by Crippen LogP contribution is 2.32. The number of sulfonamides is 1. The summed E-state index contributed by atoms with van der Waals surface area (Å²) < 4.78 is 58.6. The van der Waals surface area contributed by atoms with Gasteiger partial charge in [0.2, 0.25) is 0 Å². The van der Waals surface area contributed by atoms with Crippen molar-refractivity contribution in [1.82, 2.24) is 14.8 Å². The fourth-order valence-corrected chi connectivity index (χ4v) is 6.17. The van der Waals surface area contributed by atoms with Crippen LogP contribution in [-0.2, 0) is 23.0 Å². The number of halogens is 2. The maximum Gasteiger partial charge on any atom is 0.263 e. The van der Waals surface area contributed by atoms with E-state index in [4.69, 9.17) is 0 Å². The van der Waals surface area contributed by atoms with Crippen LogP contribution in [0.3, 0.4) is 0 Å². The Hall–Kier alpha value is -2.33. The summed E-state index contributed by atoms with van der Waals surface area (Å²) in [6, 6.07) is 3.36. The summed E-state index contributed by atoms with van der Waals surface area (Å²) in [6.07, 6.45) is 3.68. The monoisotopic (exact) mass is 438 g/mol. The van der Waals surface area contributed by atoms with Crippen LogP contribution in [0, 0.1) is 25.5 Å². The Kier molecular flexibility index (Phi) is 5.16. The lowest BCUT2D eigenvalue weighted by molar-refractivity contribution is 0.581. The van der Waals surface area contributed by atoms with Crippen molar-refractivity contribution < 1.29 is 17.2 Å². The number of nitrogens with one attached hydrogen (secondary N) is 1. The Balaban J connectivity index is 1.76. The molecule has 3 heterocycles. The molecule has 29 heavy (non-hydrogen) atoms. The fourth-order valence-electron chi connectivity index (χ4n) is 3.56. The maximum absolute atomic E-state index is 14.6. The number of hydrogen-bond acceptors (Lipinski definition) is 5. The van der Waals surface area contributed by atoms with Crippen LogP contribution in [0.2, 0.25) is 0 Å². The molecule has 3 aromatic rings. The summed E-state index contributed by atoms with van der Waals surface area (Å²) in [7, 11) is -4.01. The van der Waals surface area contributed by atoms with E-state index in [0.717, 1.165) is 42.5 Å². The van der Waals surface area contributed by atoms with E-state index in [9.17, 15) is 17.2 Å². The number of aryl methyl sites for hydroxylation is 3. The third-order valence-corrected chi connectivity index (χ3v) is 7.52. The molecular weight excluding hydrogens is 418 g/mol. The van der Waals surface area contributed by atoms with Gasteiger partial charge in [0.25, 0.3) is 10.0 Å². The fraction of sp³-hybridized carbons (Fsp3) is 0.368. The first-order chi connectivity index (χ1) is 13.8. The molecule has 0 aliphatic carbocycles. The predicted octanol–water partition coefficient (Wildman–Crippen LogP) is 4.43. The Labute approximate surface area is 171 Å². The molecule has 1 aliphatic rings. The molecule has 0 radical (unpaired) electrons. The third kappa shape index (κ3) is 3.78. The molecule has 1 N–H and O–H groups in total. The van der Waals surface area contributed by atoms with E-state index >= 15 is 0 Å². The van der Waals surface area contributed by atoms with Crippen molar-refractivity contribution in [2.24, 2.45) is 0 Å². The lowest BCUT2D eigenvalue weighted by Gasteiger charge is -2.12. The molecule has 0 spiro atoms. The smallest absolute Gasteiger partial charge is 0.263 e. The van der Waals surface area contributed by atoms with Gasteiger partial charge in [-0.15, -0.1) is 21.5 Å². The van der Waals surface area contributed by atoms with E-state index in [1.165, 1.54) is 17.4 Å². The molecule has 154 valence electrons. The zero-order valence-electron chi connectivity index (χ0n) is 16.0. The highest BCUT2D eigenvalue weighted by atomic mass is 32.2. The number of thiophene rings is 1. The SMILES string of the molecule is Cc1cc(S(=O)(=O)Nc2cc(-c3nnc4n3CCCCC4)c(F)cc2F)c(C)s1. The molecule has 1 aliphatic heterocycles. The minimum atomic E-state index is -4.01. The Morgan fingerprint density at radius 3 is 2.59 bits per heavy atom. The topological polar surface area (TPSA) is 76.9 Å². The van der Waals surface area contributed by atoms with Crippen LogP contribution in [0.4, 0.5) is 14.5 Å². The number of fused-ring (bicyclic) bond motifs is 1. The average Bonchev–Trinajstić information content (AvgIpc) is 3.11. The predicted molar refractivity (Wildman–Crippen MR) is 108 cm³/mol. The highest BCUT2D eigenvalue weighted by Gasteiger charge is 2.24. The molecule has 1 aromatic carbocycles. The summed E-state index contributed by atoms with van der Waals surface area (Å²) in [5, 5.41) is 8.23. The van der Waals surface area contributed by atoms with Gasteiger partial charge in [-0.1, -0.05) is 6.42 Å². The van der Waals surface area contributed by atoms with Crippen LogP contribution in [0.5, 0.6) is 0 Å². The molecule has 0 fully saturated rings. The van der Waals surface area contributed by atoms with Gasteiger partial charge in [0.05, 0.1) is 11.3 Å². The van der Waals surface area contributed by atoms with Crippen molar-refractivity contribution in [2.75, 3.05) is 4.72 Å². The van der Waals surface area contributed by atoms with Gasteiger partial charge in [-0.05, 0) is 38.8 Å². The van der Waals surface area contributed by atoms with Gasteiger partial charge >= 0.3 is 0 Å². The van der Waals surface area contributed by atoms with E-state index in [0.29, 0.717) is 17.5 Å². The maximum atomic E-state index is 14.6. The molecule has 2 aromatic heterocycles. The zero-order chi connectivity index (χ0) is 20.8. The lowest BCUT2D eigenvalue weighted by atomic mass is 10.1. The number of rotatable bonds is 4. The molecule has 6 nitrogen and oxygen atoms in total. The van der Waals surface area contributed by atoms with Crippen LogP contribution in [0.1, 0.15) is 34.8 Å². The zero-order valence-corrected chi connectivity index (χ0v) is 17.6.